The van der Waals surface area contributed by atoms with E-state index in [1.807, 2.05) is 0 Å². The third-order valence-corrected chi connectivity index (χ3v) is 7.11. The van der Waals surface area contributed by atoms with Crippen LogP contribution in [0.2, 0.25) is 0 Å². The van der Waals surface area contributed by atoms with Crippen LogP contribution in [0.5, 0.6) is 0 Å². The van der Waals surface area contributed by atoms with Gasteiger partial charge in [-0.3, -0.25) is 4.79 Å². The SMILES string of the molecule is CCCCCCCCO[C@@H]1O[C@H](CO)[C@@H](O)[C@H](O[C@@H]2O[C@H](CO)[C@H](O)[C@H](O)[C@H]2O)[C@H]1NC(=O)c1ccccc1. The zero-order chi connectivity index (χ0) is 28.4. The number of rotatable bonds is 14. The van der Waals surface area contributed by atoms with Gasteiger partial charge in [0, 0.05) is 12.2 Å². The van der Waals surface area contributed by atoms with Crippen molar-refractivity contribution in [1.82, 2.24) is 5.32 Å². The Labute approximate surface area is 228 Å². The molecule has 0 saturated carbocycles. The van der Waals surface area contributed by atoms with Crippen molar-refractivity contribution in [2.24, 2.45) is 0 Å². The Bertz CT molecular complexity index is 844. The Morgan fingerprint density at radius 3 is 2.10 bits per heavy atom. The molecule has 2 aliphatic rings. The lowest BCUT2D eigenvalue weighted by molar-refractivity contribution is -0.344. The van der Waals surface area contributed by atoms with Crippen molar-refractivity contribution in [2.45, 2.75) is 107 Å². The predicted octanol–water partition coefficient (Wildman–Crippen LogP) is -0.575. The second kappa shape index (κ2) is 15.9. The quantitative estimate of drug-likeness (QED) is 0.145. The summed E-state index contributed by atoms with van der Waals surface area (Å²) in [4.78, 5) is 13.1. The summed E-state index contributed by atoms with van der Waals surface area (Å²) in [7, 11) is 0. The van der Waals surface area contributed by atoms with Crippen LogP contribution in [-0.2, 0) is 18.9 Å². The summed E-state index contributed by atoms with van der Waals surface area (Å²) in [5.74, 6) is -0.505. The molecule has 12 nitrogen and oxygen atoms in total. The highest BCUT2D eigenvalue weighted by Crippen LogP contribution is 2.30. The number of amides is 1. The normalized spacial score (nSPS) is 35.1. The van der Waals surface area contributed by atoms with Gasteiger partial charge in [0.05, 0.1) is 13.2 Å². The molecule has 2 aliphatic heterocycles. The Kier molecular flexibility index (Phi) is 13.0. The van der Waals surface area contributed by atoms with Crippen molar-refractivity contribution in [3.63, 3.8) is 0 Å². The van der Waals surface area contributed by atoms with Gasteiger partial charge in [-0.05, 0) is 18.6 Å². The first-order valence-electron chi connectivity index (χ1n) is 13.7. The van der Waals surface area contributed by atoms with E-state index in [0.717, 1.165) is 38.5 Å². The van der Waals surface area contributed by atoms with Crippen molar-refractivity contribution in [1.29, 1.82) is 0 Å². The molecule has 7 N–H and O–H groups in total. The molecule has 0 spiro atoms. The Morgan fingerprint density at radius 2 is 1.44 bits per heavy atom. The van der Waals surface area contributed by atoms with Crippen LogP contribution in [0.1, 0.15) is 55.8 Å². The van der Waals surface area contributed by atoms with Gasteiger partial charge in [-0.25, -0.2) is 0 Å². The van der Waals surface area contributed by atoms with Crippen molar-refractivity contribution in [3.8, 4) is 0 Å². The molecular formula is C27H43NO11. The molecule has 12 heteroatoms. The number of nitrogens with one attached hydrogen (secondary N) is 1. The van der Waals surface area contributed by atoms with Crippen LogP contribution in [0.3, 0.4) is 0 Å². The van der Waals surface area contributed by atoms with Gasteiger partial charge in [0.1, 0.15) is 48.8 Å². The second-order valence-corrected chi connectivity index (χ2v) is 10.0. The first-order chi connectivity index (χ1) is 18.8. The van der Waals surface area contributed by atoms with Crippen LogP contribution in [-0.4, -0.2) is 118 Å². The summed E-state index contributed by atoms with van der Waals surface area (Å²) in [6, 6.07) is 7.22. The van der Waals surface area contributed by atoms with Crippen molar-refractivity contribution in [3.05, 3.63) is 35.9 Å². The predicted molar refractivity (Wildman–Crippen MR) is 137 cm³/mol. The smallest absolute Gasteiger partial charge is 0.251 e. The molecule has 0 radical (unpaired) electrons. The monoisotopic (exact) mass is 557 g/mol. The first-order valence-corrected chi connectivity index (χ1v) is 13.7. The van der Waals surface area contributed by atoms with E-state index < -0.39 is 80.5 Å². The van der Waals surface area contributed by atoms with E-state index in [9.17, 15) is 35.4 Å². The van der Waals surface area contributed by atoms with Crippen molar-refractivity contribution < 1.29 is 54.4 Å². The fourth-order valence-corrected chi connectivity index (χ4v) is 4.77. The number of hydrogen-bond acceptors (Lipinski definition) is 11. The zero-order valence-corrected chi connectivity index (χ0v) is 22.2. The second-order valence-electron chi connectivity index (χ2n) is 10.0. The molecule has 0 unspecified atom stereocenters. The zero-order valence-electron chi connectivity index (χ0n) is 22.2. The molecule has 2 fully saturated rings. The van der Waals surface area contributed by atoms with E-state index in [1.165, 1.54) is 0 Å². The fraction of sp³-hybridized carbons (Fsp3) is 0.741. The topological polar surface area (TPSA) is 187 Å². The third kappa shape index (κ3) is 8.40. The minimum Gasteiger partial charge on any atom is -0.394 e. The Morgan fingerprint density at radius 1 is 0.821 bits per heavy atom. The molecule has 1 aromatic rings. The summed E-state index contributed by atoms with van der Waals surface area (Å²) in [6.45, 7) is 1.17. The molecule has 0 aliphatic carbocycles. The molecule has 2 saturated heterocycles. The van der Waals surface area contributed by atoms with E-state index >= 15 is 0 Å². The first kappa shape index (κ1) is 31.8. The molecule has 0 aromatic heterocycles. The molecule has 39 heavy (non-hydrogen) atoms. The van der Waals surface area contributed by atoms with Crippen LogP contribution < -0.4 is 5.32 Å². The summed E-state index contributed by atoms with van der Waals surface area (Å²) in [5.41, 5.74) is 0.331. The van der Waals surface area contributed by atoms with Crippen LogP contribution in [0.25, 0.3) is 0 Å². The molecular weight excluding hydrogens is 514 g/mol. The molecule has 3 rings (SSSR count). The Balaban J connectivity index is 1.80. The van der Waals surface area contributed by atoms with Gasteiger partial charge in [-0.15, -0.1) is 0 Å². The minimum atomic E-state index is -1.74. The van der Waals surface area contributed by atoms with E-state index in [2.05, 4.69) is 12.2 Å². The van der Waals surface area contributed by atoms with Crippen LogP contribution in [0.4, 0.5) is 0 Å². The standard InChI is InChI=1S/C27H43NO11/c1-2-3-4-5-6-10-13-36-26-19(28-25(35)16-11-8-7-9-12-16)24(21(32)18(15-30)37-26)39-27-23(34)22(33)20(31)17(14-29)38-27/h7-9,11-12,17-24,26-27,29-34H,2-6,10,13-15H2,1H3,(H,28,35)/t17-,18-,19-,20+,21-,22+,23-,24-,26-,27+/m1/s1. The average molecular weight is 558 g/mol. The fourth-order valence-electron chi connectivity index (χ4n) is 4.77. The van der Waals surface area contributed by atoms with Gasteiger partial charge in [0.25, 0.3) is 5.91 Å². The average Bonchev–Trinajstić information content (AvgIpc) is 2.95. The third-order valence-electron chi connectivity index (χ3n) is 7.11. The number of ether oxygens (including phenoxy) is 4. The highest BCUT2D eigenvalue weighted by Gasteiger charge is 2.51. The van der Waals surface area contributed by atoms with E-state index in [4.69, 9.17) is 18.9 Å². The maximum absolute atomic E-state index is 13.1. The maximum Gasteiger partial charge on any atom is 0.251 e. The maximum atomic E-state index is 13.1. The highest BCUT2D eigenvalue weighted by atomic mass is 16.7. The number of carbonyl (C=O) groups is 1. The molecule has 1 amide bonds. The van der Waals surface area contributed by atoms with Gasteiger partial charge in [0.15, 0.2) is 12.6 Å². The van der Waals surface area contributed by atoms with E-state index in [1.54, 1.807) is 30.3 Å². The summed E-state index contributed by atoms with van der Waals surface area (Å²) in [6.07, 6.45) is -6.86. The number of benzene rings is 1. The number of aliphatic hydroxyl groups excluding tert-OH is 6. The lowest BCUT2D eigenvalue weighted by Crippen LogP contribution is -2.68. The van der Waals surface area contributed by atoms with E-state index in [-0.39, 0.29) is 6.61 Å². The summed E-state index contributed by atoms with van der Waals surface area (Å²) in [5, 5.41) is 64.1. The van der Waals surface area contributed by atoms with Crippen molar-refractivity contribution >= 4 is 5.91 Å². The number of aliphatic hydroxyl groups is 6. The largest absolute Gasteiger partial charge is 0.394 e. The van der Waals surface area contributed by atoms with Crippen LogP contribution in [0.15, 0.2) is 30.3 Å². The molecule has 10 atom stereocenters. The minimum absolute atomic E-state index is 0.287. The van der Waals surface area contributed by atoms with Crippen LogP contribution in [0, 0.1) is 0 Å². The Hall–Kier alpha value is -1.71. The molecule has 1 aromatic carbocycles. The number of hydrogen-bond donors (Lipinski definition) is 7. The van der Waals surface area contributed by atoms with Crippen molar-refractivity contribution in [2.75, 3.05) is 19.8 Å². The number of unbranched alkanes of at least 4 members (excludes halogenated alkanes) is 5. The summed E-state index contributed by atoms with van der Waals surface area (Å²) < 4.78 is 23.2. The van der Waals surface area contributed by atoms with Gasteiger partial charge < -0.3 is 54.9 Å². The lowest BCUT2D eigenvalue weighted by Gasteiger charge is -2.47. The number of carbonyl (C=O) groups excluding carboxylic acids is 1. The van der Waals surface area contributed by atoms with Gasteiger partial charge in [-0.2, -0.15) is 0 Å². The van der Waals surface area contributed by atoms with E-state index in [0.29, 0.717) is 5.56 Å². The van der Waals surface area contributed by atoms with Crippen LogP contribution >= 0.6 is 0 Å². The molecule has 2 heterocycles. The highest BCUT2D eigenvalue weighted by molar-refractivity contribution is 5.94. The molecule has 0 bridgehead atoms. The molecule has 222 valence electrons. The van der Waals surface area contributed by atoms with Gasteiger partial charge in [0.2, 0.25) is 0 Å². The lowest BCUT2D eigenvalue weighted by atomic mass is 9.95. The van der Waals surface area contributed by atoms with Gasteiger partial charge >= 0.3 is 0 Å². The van der Waals surface area contributed by atoms with Gasteiger partial charge in [-0.1, -0.05) is 57.2 Å². The summed E-state index contributed by atoms with van der Waals surface area (Å²) >= 11 is 0.